The molecule has 0 radical (unpaired) electrons. The summed E-state index contributed by atoms with van der Waals surface area (Å²) in [6.45, 7) is 1.91. The highest BCUT2D eigenvalue weighted by Crippen LogP contribution is 2.42. The normalized spacial score (nSPS) is 25.8. The number of aliphatic hydroxyl groups excluding tert-OH is 1. The van der Waals surface area contributed by atoms with Gasteiger partial charge < -0.3 is 30.5 Å². The Labute approximate surface area is 207 Å². The second-order valence-corrected chi connectivity index (χ2v) is 10.5. The van der Waals surface area contributed by atoms with E-state index in [1.807, 2.05) is 13.0 Å². The van der Waals surface area contributed by atoms with Crippen molar-refractivity contribution in [2.45, 2.75) is 82.2 Å². The van der Waals surface area contributed by atoms with Crippen molar-refractivity contribution in [2.75, 3.05) is 6.54 Å². The molecule has 0 aromatic carbocycles. The molecule has 0 spiro atoms. The average Bonchev–Trinajstić information content (AvgIpc) is 2.80. The molecule has 5 atom stereocenters. The number of hydrogen-bond acceptors (Lipinski definition) is 7. The van der Waals surface area contributed by atoms with Crippen molar-refractivity contribution in [2.24, 2.45) is 17.6 Å². The summed E-state index contributed by atoms with van der Waals surface area (Å²) in [5.74, 6) is -0.111. The molecule has 10 heteroatoms. The van der Waals surface area contributed by atoms with Gasteiger partial charge in [0.2, 0.25) is 0 Å². The van der Waals surface area contributed by atoms with Gasteiger partial charge in [-0.1, -0.05) is 62.6 Å². The molecule has 0 aromatic heterocycles. The van der Waals surface area contributed by atoms with Crippen molar-refractivity contribution in [3.8, 4) is 0 Å². The largest absolute Gasteiger partial charge is 0.469 e. The van der Waals surface area contributed by atoms with Crippen molar-refractivity contribution < 1.29 is 38.6 Å². The summed E-state index contributed by atoms with van der Waals surface area (Å²) in [6, 6.07) is 0. The number of aliphatic hydroxyl groups is 2. The van der Waals surface area contributed by atoms with Crippen molar-refractivity contribution in [1.82, 2.24) is 0 Å². The highest BCUT2D eigenvalue weighted by atomic mass is 31.2. The molecule has 35 heavy (non-hydrogen) atoms. The minimum absolute atomic E-state index is 0.0144. The lowest BCUT2D eigenvalue weighted by Crippen LogP contribution is -2.45. The first kappa shape index (κ1) is 29.6. The maximum Gasteiger partial charge on any atom is 0.469 e. The van der Waals surface area contributed by atoms with Crippen LogP contribution in [0, 0.1) is 11.8 Å². The third-order valence-corrected chi connectivity index (χ3v) is 7.03. The van der Waals surface area contributed by atoms with E-state index in [-0.39, 0.29) is 25.3 Å². The van der Waals surface area contributed by atoms with Gasteiger partial charge in [0.15, 0.2) is 0 Å². The molecule has 0 amide bonds. The smallest absolute Gasteiger partial charge is 0.454 e. The lowest BCUT2D eigenvalue weighted by atomic mass is 9.86. The number of ether oxygens (including phenoxy) is 1. The zero-order valence-electron chi connectivity index (χ0n) is 20.3. The molecule has 2 rings (SSSR count). The van der Waals surface area contributed by atoms with E-state index in [0.29, 0.717) is 12.3 Å². The van der Waals surface area contributed by atoms with Gasteiger partial charge in [0, 0.05) is 18.4 Å². The zero-order chi connectivity index (χ0) is 25.9. The van der Waals surface area contributed by atoms with E-state index < -0.39 is 37.7 Å². The van der Waals surface area contributed by atoms with Crippen LogP contribution in [0.4, 0.5) is 0 Å². The molecule has 0 unspecified atom stereocenters. The van der Waals surface area contributed by atoms with Crippen LogP contribution in [0.5, 0.6) is 0 Å². The summed E-state index contributed by atoms with van der Waals surface area (Å²) in [4.78, 5) is 30.6. The summed E-state index contributed by atoms with van der Waals surface area (Å²) in [5, 5.41) is 21.9. The van der Waals surface area contributed by atoms with E-state index in [2.05, 4.69) is 6.08 Å². The van der Waals surface area contributed by atoms with Crippen LogP contribution in [0.15, 0.2) is 48.6 Å². The van der Waals surface area contributed by atoms with E-state index in [4.69, 9.17) is 15.0 Å². The summed E-state index contributed by atoms with van der Waals surface area (Å²) < 4.78 is 21.9. The van der Waals surface area contributed by atoms with Crippen LogP contribution in [0.3, 0.4) is 0 Å². The molecular weight excluding hydrogens is 473 g/mol. The number of carbonyl (C=O) groups is 1. The minimum atomic E-state index is -5.01. The number of phosphoric ester groups is 1. The number of nitrogens with two attached hydrogens (primary N) is 1. The number of allylic oxidation sites excluding steroid dienone is 3. The van der Waals surface area contributed by atoms with Gasteiger partial charge in [0.25, 0.3) is 0 Å². The number of hydrogen-bond donors (Lipinski definition) is 5. The van der Waals surface area contributed by atoms with Crippen LogP contribution in [-0.2, 0) is 18.6 Å². The second-order valence-electron chi connectivity index (χ2n) is 9.28. The third kappa shape index (κ3) is 10.5. The van der Waals surface area contributed by atoms with Gasteiger partial charge in [-0.25, -0.2) is 9.36 Å². The lowest BCUT2D eigenvalue weighted by Gasteiger charge is -2.35. The van der Waals surface area contributed by atoms with Crippen molar-refractivity contribution in [3.05, 3.63) is 48.6 Å². The second kappa shape index (κ2) is 14.2. The van der Waals surface area contributed by atoms with Crippen LogP contribution in [-0.4, -0.2) is 56.4 Å². The minimum Gasteiger partial charge on any atom is -0.454 e. The average molecular weight is 514 g/mol. The standard InChI is InChI=1S/C25H40NO8P/c1-2-20-12-13-24(28)33-22(20)14-15-25(29,16-17-26)23(34-35(30,31)32)18-21(27)11-7-6-10-19-8-4-3-5-9-19/h6-7,10-15,19-23,27,29H,2-5,8-9,16-18,26H2,1H3,(H2,30,31,32)/b10-6-,11-7-,15-14+/t20-,21-,22+,23-,25+/m0/s1. The fraction of sp³-hybridized carbons (Fsp3) is 0.640. The quantitative estimate of drug-likeness (QED) is 0.108. The summed E-state index contributed by atoms with van der Waals surface area (Å²) in [6.07, 6.45) is 16.0. The first-order valence-electron chi connectivity index (χ1n) is 12.3. The lowest BCUT2D eigenvalue weighted by molar-refractivity contribution is -0.143. The van der Waals surface area contributed by atoms with Gasteiger partial charge in [-0.2, -0.15) is 0 Å². The maximum atomic E-state index is 11.7. The Bertz CT molecular complexity index is 829. The molecule has 1 aliphatic heterocycles. The van der Waals surface area contributed by atoms with Crippen LogP contribution < -0.4 is 5.73 Å². The van der Waals surface area contributed by atoms with Crippen molar-refractivity contribution in [3.63, 3.8) is 0 Å². The third-order valence-electron chi connectivity index (χ3n) is 6.50. The molecule has 198 valence electrons. The number of esters is 1. The topological polar surface area (TPSA) is 160 Å². The van der Waals surface area contributed by atoms with Gasteiger partial charge in [0.05, 0.1) is 6.10 Å². The molecule has 9 nitrogen and oxygen atoms in total. The van der Waals surface area contributed by atoms with Gasteiger partial charge in [-0.05, 0) is 44.2 Å². The Morgan fingerprint density at radius 1 is 1.26 bits per heavy atom. The molecule has 0 aromatic rings. The summed E-state index contributed by atoms with van der Waals surface area (Å²) in [7, 11) is -5.01. The number of phosphoric acid groups is 1. The molecule has 1 heterocycles. The van der Waals surface area contributed by atoms with Gasteiger partial charge in [0.1, 0.15) is 17.8 Å². The Kier molecular flexibility index (Phi) is 12.1. The Balaban J connectivity index is 2.16. The van der Waals surface area contributed by atoms with Crippen molar-refractivity contribution >= 4 is 13.8 Å². The van der Waals surface area contributed by atoms with Crippen molar-refractivity contribution in [1.29, 1.82) is 0 Å². The summed E-state index contributed by atoms with van der Waals surface area (Å²) in [5.41, 5.74) is 3.75. The van der Waals surface area contributed by atoms with E-state index in [1.54, 1.807) is 12.2 Å². The van der Waals surface area contributed by atoms with E-state index in [1.165, 1.54) is 43.6 Å². The zero-order valence-corrected chi connectivity index (χ0v) is 21.2. The molecule has 6 N–H and O–H groups in total. The predicted octanol–water partition coefficient (Wildman–Crippen LogP) is 3.05. The SMILES string of the molecule is CC[C@H]1C=CC(=O)O[C@@H]1/C=C/[C@@](O)(CCN)[C@H](C[C@@H](O)/C=C\C=C/C1CCCCC1)OP(=O)(O)O. The highest BCUT2D eigenvalue weighted by Gasteiger charge is 2.40. The monoisotopic (exact) mass is 513 g/mol. The first-order chi connectivity index (χ1) is 16.6. The van der Waals surface area contributed by atoms with Gasteiger partial charge in [-0.3, -0.25) is 4.52 Å². The summed E-state index contributed by atoms with van der Waals surface area (Å²) >= 11 is 0. The Hall–Kier alpha value is -1.58. The number of cyclic esters (lactones) is 1. The van der Waals surface area contributed by atoms with Crippen LogP contribution in [0.25, 0.3) is 0 Å². The highest BCUT2D eigenvalue weighted by molar-refractivity contribution is 7.46. The molecule has 1 saturated carbocycles. The molecule has 1 aliphatic carbocycles. The Morgan fingerprint density at radius 2 is 1.97 bits per heavy atom. The maximum absolute atomic E-state index is 11.7. The fourth-order valence-corrected chi connectivity index (χ4v) is 5.11. The fourth-order valence-electron chi connectivity index (χ4n) is 4.51. The molecule has 2 aliphatic rings. The molecule has 0 saturated heterocycles. The van der Waals surface area contributed by atoms with Gasteiger partial charge >= 0.3 is 13.8 Å². The Morgan fingerprint density at radius 3 is 2.60 bits per heavy atom. The van der Waals surface area contributed by atoms with E-state index in [9.17, 15) is 29.4 Å². The molecule has 0 bridgehead atoms. The van der Waals surface area contributed by atoms with Crippen LogP contribution in [0.1, 0.15) is 58.3 Å². The predicted molar refractivity (Wildman–Crippen MR) is 133 cm³/mol. The number of carbonyl (C=O) groups excluding carboxylic acids is 1. The van der Waals surface area contributed by atoms with Crippen LogP contribution in [0.2, 0.25) is 0 Å². The number of rotatable bonds is 13. The van der Waals surface area contributed by atoms with E-state index in [0.717, 1.165) is 12.8 Å². The molecular formula is C25H40NO8P. The van der Waals surface area contributed by atoms with E-state index >= 15 is 0 Å². The first-order valence-corrected chi connectivity index (χ1v) is 13.9. The van der Waals surface area contributed by atoms with Crippen LogP contribution >= 0.6 is 7.82 Å². The molecule has 1 fully saturated rings. The van der Waals surface area contributed by atoms with Gasteiger partial charge in [-0.15, -0.1) is 0 Å².